The van der Waals surface area contributed by atoms with Crippen LogP contribution in [0.2, 0.25) is 5.15 Å². The first-order valence-electron chi connectivity index (χ1n) is 7.48. The highest BCUT2D eigenvalue weighted by molar-refractivity contribution is 6.30. The Morgan fingerprint density at radius 3 is 2.91 bits per heavy atom. The second-order valence-electron chi connectivity index (χ2n) is 5.59. The van der Waals surface area contributed by atoms with Gasteiger partial charge in [-0.2, -0.15) is 5.10 Å². The van der Waals surface area contributed by atoms with Crippen LogP contribution in [0, 0.1) is 0 Å². The van der Waals surface area contributed by atoms with Crippen LogP contribution in [0.15, 0.2) is 6.33 Å². The van der Waals surface area contributed by atoms with Crippen LogP contribution in [-0.4, -0.2) is 49.1 Å². The first kappa shape index (κ1) is 15.5. The van der Waals surface area contributed by atoms with E-state index in [0.29, 0.717) is 6.61 Å². The molecular formula is C14H21ClN6O. The van der Waals surface area contributed by atoms with E-state index in [0.717, 1.165) is 48.3 Å². The minimum absolute atomic E-state index is 0.0539. The van der Waals surface area contributed by atoms with E-state index in [-0.39, 0.29) is 6.10 Å². The molecule has 0 N–H and O–H groups in total. The number of morpholine rings is 1. The Hall–Kier alpha value is -1.44. The monoisotopic (exact) mass is 324 g/mol. The summed E-state index contributed by atoms with van der Waals surface area (Å²) < 4.78 is 9.50. The molecule has 8 heteroatoms. The maximum absolute atomic E-state index is 6.39. The number of rotatable bonds is 4. The molecule has 22 heavy (non-hydrogen) atoms. The van der Waals surface area contributed by atoms with Crippen molar-refractivity contribution in [2.45, 2.75) is 26.0 Å². The van der Waals surface area contributed by atoms with Crippen molar-refractivity contribution in [3.05, 3.63) is 28.6 Å². The molecule has 7 nitrogen and oxygen atoms in total. The van der Waals surface area contributed by atoms with Crippen molar-refractivity contribution in [2.75, 3.05) is 19.7 Å². The molecule has 0 saturated carbocycles. The number of hydrogen-bond acceptors (Lipinski definition) is 5. The molecule has 0 aliphatic carbocycles. The van der Waals surface area contributed by atoms with E-state index < -0.39 is 0 Å². The molecular weight excluding hydrogens is 304 g/mol. The first-order valence-corrected chi connectivity index (χ1v) is 7.86. The fourth-order valence-corrected chi connectivity index (χ4v) is 3.06. The Kier molecular flexibility index (Phi) is 4.46. The summed E-state index contributed by atoms with van der Waals surface area (Å²) in [6.45, 7) is 5.22. The number of aryl methyl sites for hydroxylation is 3. The van der Waals surface area contributed by atoms with Crippen molar-refractivity contribution in [1.82, 2.24) is 29.4 Å². The lowest BCUT2D eigenvalue weighted by molar-refractivity contribution is -0.0386. The Bertz CT molecular complexity index is 652. The van der Waals surface area contributed by atoms with Gasteiger partial charge in [-0.3, -0.25) is 9.58 Å². The average molecular weight is 325 g/mol. The molecule has 0 radical (unpaired) electrons. The van der Waals surface area contributed by atoms with Gasteiger partial charge >= 0.3 is 0 Å². The maximum Gasteiger partial charge on any atom is 0.163 e. The minimum atomic E-state index is -0.0539. The number of halogens is 1. The summed E-state index contributed by atoms with van der Waals surface area (Å²) in [4.78, 5) is 2.34. The number of hydrogen-bond donors (Lipinski definition) is 0. The molecule has 1 aliphatic heterocycles. The van der Waals surface area contributed by atoms with Crippen molar-refractivity contribution in [2.24, 2.45) is 14.1 Å². The summed E-state index contributed by atoms with van der Waals surface area (Å²) in [5, 5.41) is 13.3. The predicted molar refractivity (Wildman–Crippen MR) is 82.6 cm³/mol. The fourth-order valence-electron chi connectivity index (χ4n) is 2.85. The van der Waals surface area contributed by atoms with Gasteiger partial charge in [0.2, 0.25) is 0 Å². The first-order chi connectivity index (χ1) is 10.6. The summed E-state index contributed by atoms with van der Waals surface area (Å²) in [5.74, 6) is 0.859. The van der Waals surface area contributed by atoms with Crippen molar-refractivity contribution >= 4 is 11.6 Å². The minimum Gasteiger partial charge on any atom is -0.368 e. The molecule has 0 unspecified atom stereocenters. The molecule has 2 aromatic heterocycles. The molecule has 120 valence electrons. The largest absolute Gasteiger partial charge is 0.368 e. The highest BCUT2D eigenvalue weighted by Gasteiger charge is 2.27. The lowest BCUT2D eigenvalue weighted by Gasteiger charge is -2.32. The summed E-state index contributed by atoms with van der Waals surface area (Å²) >= 11 is 6.39. The highest BCUT2D eigenvalue weighted by Crippen LogP contribution is 2.25. The molecule has 1 fully saturated rings. The third-order valence-electron chi connectivity index (χ3n) is 4.05. The van der Waals surface area contributed by atoms with Crippen LogP contribution >= 0.6 is 11.6 Å². The van der Waals surface area contributed by atoms with Crippen LogP contribution in [0.5, 0.6) is 0 Å². The molecule has 2 aromatic rings. The molecule has 1 atom stereocenters. The quantitative estimate of drug-likeness (QED) is 0.849. The van der Waals surface area contributed by atoms with Gasteiger partial charge in [-0.25, -0.2) is 0 Å². The molecule has 0 aromatic carbocycles. The summed E-state index contributed by atoms with van der Waals surface area (Å²) in [5.41, 5.74) is 2.18. The van der Waals surface area contributed by atoms with Gasteiger partial charge < -0.3 is 9.30 Å². The van der Waals surface area contributed by atoms with Crippen LogP contribution in [0.1, 0.15) is 30.1 Å². The van der Waals surface area contributed by atoms with Crippen LogP contribution in [0.4, 0.5) is 0 Å². The van der Waals surface area contributed by atoms with E-state index in [1.807, 2.05) is 18.7 Å². The SMILES string of the molecule is CCc1nn(C)c(Cl)c1CN1CCO[C@H](c2nncn2C)C1. The smallest absolute Gasteiger partial charge is 0.163 e. The second kappa shape index (κ2) is 6.36. The van der Waals surface area contributed by atoms with Gasteiger partial charge in [0.1, 0.15) is 17.6 Å². The normalized spacial score (nSPS) is 19.7. The number of nitrogens with zero attached hydrogens (tertiary/aromatic N) is 6. The second-order valence-corrected chi connectivity index (χ2v) is 5.95. The van der Waals surface area contributed by atoms with E-state index in [2.05, 4.69) is 27.1 Å². The Morgan fingerprint density at radius 1 is 1.41 bits per heavy atom. The van der Waals surface area contributed by atoms with Crippen LogP contribution in [0.3, 0.4) is 0 Å². The Morgan fingerprint density at radius 2 is 2.23 bits per heavy atom. The third-order valence-corrected chi connectivity index (χ3v) is 4.53. The van der Waals surface area contributed by atoms with Crippen molar-refractivity contribution < 1.29 is 4.74 Å². The molecule has 1 aliphatic rings. The molecule has 1 saturated heterocycles. The Labute approximate surface area is 134 Å². The molecule has 3 heterocycles. The van der Waals surface area contributed by atoms with Crippen molar-refractivity contribution in [3.63, 3.8) is 0 Å². The molecule has 0 amide bonds. The number of aromatic nitrogens is 5. The van der Waals surface area contributed by atoms with E-state index in [4.69, 9.17) is 16.3 Å². The van der Waals surface area contributed by atoms with Crippen molar-refractivity contribution in [1.29, 1.82) is 0 Å². The zero-order valence-corrected chi connectivity index (χ0v) is 13.9. The summed E-state index contributed by atoms with van der Waals surface area (Å²) in [6.07, 6.45) is 2.53. The predicted octanol–water partition coefficient (Wildman–Crippen LogP) is 1.34. The van der Waals surface area contributed by atoms with E-state index in [1.54, 1.807) is 11.0 Å². The topological polar surface area (TPSA) is 61.0 Å². The number of ether oxygens (including phenoxy) is 1. The van der Waals surface area contributed by atoms with Crippen LogP contribution in [0.25, 0.3) is 0 Å². The summed E-state index contributed by atoms with van der Waals surface area (Å²) in [7, 11) is 3.82. The lowest BCUT2D eigenvalue weighted by atomic mass is 10.1. The lowest BCUT2D eigenvalue weighted by Crippen LogP contribution is -2.38. The van der Waals surface area contributed by atoms with Crippen molar-refractivity contribution in [3.8, 4) is 0 Å². The molecule has 0 bridgehead atoms. The molecule has 0 spiro atoms. The van der Waals surface area contributed by atoms with Gasteiger partial charge in [0.05, 0.1) is 12.3 Å². The average Bonchev–Trinajstić information content (AvgIpc) is 3.06. The van der Waals surface area contributed by atoms with Gasteiger partial charge in [-0.05, 0) is 6.42 Å². The fraction of sp³-hybridized carbons (Fsp3) is 0.643. The van der Waals surface area contributed by atoms with E-state index >= 15 is 0 Å². The van der Waals surface area contributed by atoms with Crippen LogP contribution in [-0.2, 0) is 31.8 Å². The summed E-state index contributed by atoms with van der Waals surface area (Å²) in [6, 6.07) is 0. The standard InChI is InChI=1S/C14H21ClN6O/c1-4-11-10(13(15)20(3)18-11)7-21-5-6-22-12(8-21)14-17-16-9-19(14)2/h9,12H,4-8H2,1-3H3/t12-/m0/s1. The zero-order valence-electron chi connectivity index (χ0n) is 13.2. The van der Waals surface area contributed by atoms with E-state index in [9.17, 15) is 0 Å². The molecule has 3 rings (SSSR count). The Balaban J connectivity index is 1.75. The van der Waals surface area contributed by atoms with Gasteiger partial charge in [0.25, 0.3) is 0 Å². The van der Waals surface area contributed by atoms with Gasteiger partial charge in [0.15, 0.2) is 5.82 Å². The van der Waals surface area contributed by atoms with Gasteiger partial charge in [-0.15, -0.1) is 10.2 Å². The van der Waals surface area contributed by atoms with E-state index in [1.165, 1.54) is 0 Å². The highest BCUT2D eigenvalue weighted by atomic mass is 35.5. The van der Waals surface area contributed by atoms with Gasteiger partial charge in [0, 0.05) is 39.3 Å². The van der Waals surface area contributed by atoms with Gasteiger partial charge in [-0.1, -0.05) is 18.5 Å². The third kappa shape index (κ3) is 2.88. The zero-order chi connectivity index (χ0) is 15.7. The maximum atomic E-state index is 6.39. The van der Waals surface area contributed by atoms with Crippen LogP contribution < -0.4 is 0 Å².